The van der Waals surface area contributed by atoms with Crippen molar-refractivity contribution < 1.29 is 19.4 Å². The monoisotopic (exact) mass is 348 g/mol. The van der Waals surface area contributed by atoms with Gasteiger partial charge in [-0.3, -0.25) is 4.79 Å². The average molecular weight is 349 g/mol. The molecule has 0 aliphatic carbocycles. The minimum Gasteiger partial charge on any atom is -0.496 e. The highest BCUT2D eigenvalue weighted by molar-refractivity contribution is 9.10. The normalized spacial score (nSPS) is 12.0. The molecule has 4 nitrogen and oxygen atoms in total. The smallest absolute Gasteiger partial charge is 0.304 e. The minimum atomic E-state index is -0.777. The third kappa shape index (κ3) is 4.95. The third-order valence-corrected chi connectivity index (χ3v) is 4.37. The van der Waals surface area contributed by atoms with Crippen molar-refractivity contribution in [2.24, 2.45) is 0 Å². The van der Waals surface area contributed by atoms with Crippen LogP contribution in [0, 0.1) is 0 Å². The maximum atomic E-state index is 10.6. The Morgan fingerprint density at radius 3 is 2.53 bits per heavy atom. The SMILES string of the molecule is COc1cc(CSC(C)CC(=O)O)c(OC)cc1Br. The Labute approximate surface area is 125 Å². The average Bonchev–Trinajstić information content (AvgIpc) is 2.35. The number of thioether (sulfide) groups is 1. The van der Waals surface area contributed by atoms with E-state index in [-0.39, 0.29) is 11.7 Å². The summed E-state index contributed by atoms with van der Waals surface area (Å²) >= 11 is 4.99. The van der Waals surface area contributed by atoms with Crippen molar-refractivity contribution in [1.29, 1.82) is 0 Å². The second kappa shape index (κ2) is 7.65. The first kappa shape index (κ1) is 16.2. The number of aliphatic carboxylic acids is 1. The van der Waals surface area contributed by atoms with Gasteiger partial charge in [0, 0.05) is 16.6 Å². The molecule has 0 aromatic heterocycles. The van der Waals surface area contributed by atoms with E-state index in [4.69, 9.17) is 14.6 Å². The van der Waals surface area contributed by atoms with E-state index in [9.17, 15) is 4.79 Å². The lowest BCUT2D eigenvalue weighted by Crippen LogP contribution is -2.06. The summed E-state index contributed by atoms with van der Waals surface area (Å²) in [6.07, 6.45) is 0.153. The van der Waals surface area contributed by atoms with Gasteiger partial charge in [-0.2, -0.15) is 11.8 Å². The summed E-state index contributed by atoms with van der Waals surface area (Å²) in [7, 11) is 3.22. The Hall–Kier alpha value is -0.880. The summed E-state index contributed by atoms with van der Waals surface area (Å²) < 4.78 is 11.4. The number of carboxylic acid groups (broad SMARTS) is 1. The lowest BCUT2D eigenvalue weighted by molar-refractivity contribution is -0.136. The van der Waals surface area contributed by atoms with Crippen LogP contribution in [0.3, 0.4) is 0 Å². The number of methoxy groups -OCH3 is 2. The number of rotatable bonds is 7. The molecule has 0 aliphatic heterocycles. The van der Waals surface area contributed by atoms with Crippen LogP contribution in [-0.2, 0) is 10.5 Å². The van der Waals surface area contributed by atoms with E-state index >= 15 is 0 Å². The number of hydrogen-bond acceptors (Lipinski definition) is 4. The summed E-state index contributed by atoms with van der Waals surface area (Å²) in [6, 6.07) is 3.76. The number of hydrogen-bond donors (Lipinski definition) is 1. The van der Waals surface area contributed by atoms with Crippen LogP contribution < -0.4 is 9.47 Å². The van der Waals surface area contributed by atoms with Gasteiger partial charge in [-0.15, -0.1) is 0 Å². The van der Waals surface area contributed by atoms with E-state index in [2.05, 4.69) is 15.9 Å². The zero-order valence-corrected chi connectivity index (χ0v) is 13.5. The fraction of sp³-hybridized carbons (Fsp3) is 0.462. The maximum Gasteiger partial charge on any atom is 0.304 e. The van der Waals surface area contributed by atoms with Crippen LogP contribution in [0.25, 0.3) is 0 Å². The predicted molar refractivity (Wildman–Crippen MR) is 80.3 cm³/mol. The molecule has 0 heterocycles. The molecule has 106 valence electrons. The van der Waals surface area contributed by atoms with Crippen molar-refractivity contribution >= 4 is 33.7 Å². The summed E-state index contributed by atoms with van der Waals surface area (Å²) in [5.41, 5.74) is 0.991. The highest BCUT2D eigenvalue weighted by Gasteiger charge is 2.13. The van der Waals surface area contributed by atoms with Crippen LogP contribution in [0.1, 0.15) is 18.9 Å². The standard InChI is InChI=1S/C13H17BrO4S/c1-8(4-13(15)16)19-7-9-5-12(18-3)10(14)6-11(9)17-2/h5-6,8H,4,7H2,1-3H3,(H,15,16). The molecule has 1 rings (SSSR count). The van der Waals surface area contributed by atoms with Gasteiger partial charge in [0.05, 0.1) is 25.1 Å². The quantitative estimate of drug-likeness (QED) is 0.816. The summed E-state index contributed by atoms with van der Waals surface area (Å²) in [5.74, 6) is 1.41. The first-order chi connectivity index (χ1) is 8.97. The second-order valence-corrected chi connectivity index (χ2v) is 6.30. The van der Waals surface area contributed by atoms with E-state index in [0.717, 1.165) is 21.5 Å². The van der Waals surface area contributed by atoms with Gasteiger partial charge in [-0.1, -0.05) is 6.92 Å². The van der Waals surface area contributed by atoms with Crippen molar-refractivity contribution in [2.45, 2.75) is 24.3 Å². The minimum absolute atomic E-state index is 0.0526. The van der Waals surface area contributed by atoms with E-state index in [1.165, 1.54) is 0 Å². The van der Waals surface area contributed by atoms with Crippen molar-refractivity contribution in [3.63, 3.8) is 0 Å². The first-order valence-corrected chi connectivity index (χ1v) is 7.55. The molecule has 0 spiro atoms. The second-order valence-electron chi connectivity index (χ2n) is 4.02. The van der Waals surface area contributed by atoms with Crippen LogP contribution in [0.4, 0.5) is 0 Å². The molecule has 1 atom stereocenters. The van der Waals surface area contributed by atoms with Crippen molar-refractivity contribution in [2.75, 3.05) is 14.2 Å². The molecule has 1 aromatic rings. The molecule has 0 aliphatic rings. The third-order valence-electron chi connectivity index (χ3n) is 2.54. The molecule has 1 unspecified atom stereocenters. The fourth-order valence-electron chi connectivity index (χ4n) is 1.57. The summed E-state index contributed by atoms with van der Waals surface area (Å²) in [4.78, 5) is 10.6. The van der Waals surface area contributed by atoms with Crippen LogP contribution in [-0.4, -0.2) is 30.5 Å². The lowest BCUT2D eigenvalue weighted by Gasteiger charge is -2.14. The topological polar surface area (TPSA) is 55.8 Å². The molecule has 0 bridgehead atoms. The molecule has 0 saturated carbocycles. The Balaban J connectivity index is 2.79. The largest absolute Gasteiger partial charge is 0.496 e. The van der Waals surface area contributed by atoms with Crippen LogP contribution >= 0.6 is 27.7 Å². The highest BCUT2D eigenvalue weighted by atomic mass is 79.9. The van der Waals surface area contributed by atoms with E-state index in [1.807, 2.05) is 19.1 Å². The highest BCUT2D eigenvalue weighted by Crippen LogP contribution is 2.35. The number of benzene rings is 1. The van der Waals surface area contributed by atoms with Crippen LogP contribution in [0.15, 0.2) is 16.6 Å². The zero-order valence-electron chi connectivity index (χ0n) is 11.1. The molecular weight excluding hydrogens is 332 g/mol. The number of carbonyl (C=O) groups is 1. The first-order valence-electron chi connectivity index (χ1n) is 5.71. The van der Waals surface area contributed by atoms with Gasteiger partial charge >= 0.3 is 5.97 Å². The summed E-state index contributed by atoms with van der Waals surface area (Å²) in [5, 5.41) is 8.79. The molecule has 0 amide bonds. The molecule has 19 heavy (non-hydrogen) atoms. The molecule has 1 aromatic carbocycles. The van der Waals surface area contributed by atoms with Gasteiger partial charge in [0.1, 0.15) is 11.5 Å². The number of ether oxygens (including phenoxy) is 2. The molecule has 0 saturated heterocycles. The van der Waals surface area contributed by atoms with Crippen LogP contribution in [0.5, 0.6) is 11.5 Å². The predicted octanol–water partition coefficient (Wildman–Crippen LogP) is 3.56. The van der Waals surface area contributed by atoms with Gasteiger partial charge in [0.15, 0.2) is 0 Å². The van der Waals surface area contributed by atoms with Gasteiger partial charge in [0.25, 0.3) is 0 Å². The van der Waals surface area contributed by atoms with E-state index in [1.54, 1.807) is 26.0 Å². The van der Waals surface area contributed by atoms with Crippen LogP contribution in [0.2, 0.25) is 0 Å². The van der Waals surface area contributed by atoms with Gasteiger partial charge in [-0.05, 0) is 28.1 Å². The molecular formula is C13H17BrO4S. The zero-order chi connectivity index (χ0) is 14.4. The Bertz CT molecular complexity index is 451. The van der Waals surface area contributed by atoms with Crippen molar-refractivity contribution in [3.05, 3.63) is 22.2 Å². The van der Waals surface area contributed by atoms with E-state index in [0.29, 0.717) is 5.75 Å². The molecule has 0 radical (unpaired) electrons. The van der Waals surface area contributed by atoms with E-state index < -0.39 is 5.97 Å². The Morgan fingerprint density at radius 1 is 1.37 bits per heavy atom. The van der Waals surface area contributed by atoms with Gasteiger partial charge in [-0.25, -0.2) is 0 Å². The Kier molecular flexibility index (Phi) is 6.51. The van der Waals surface area contributed by atoms with Gasteiger partial charge < -0.3 is 14.6 Å². The lowest BCUT2D eigenvalue weighted by atomic mass is 10.2. The number of carboxylic acids is 1. The molecule has 0 fully saturated rings. The molecule has 1 N–H and O–H groups in total. The molecule has 6 heteroatoms. The summed E-state index contributed by atoms with van der Waals surface area (Å²) in [6.45, 7) is 1.90. The maximum absolute atomic E-state index is 10.6. The van der Waals surface area contributed by atoms with Crippen molar-refractivity contribution in [3.8, 4) is 11.5 Å². The van der Waals surface area contributed by atoms with Crippen molar-refractivity contribution in [1.82, 2.24) is 0 Å². The van der Waals surface area contributed by atoms with Gasteiger partial charge in [0.2, 0.25) is 0 Å². The Morgan fingerprint density at radius 2 is 2.00 bits per heavy atom. The fourth-order valence-corrected chi connectivity index (χ4v) is 3.01. The number of halogens is 1.